The van der Waals surface area contributed by atoms with Crippen LogP contribution in [0.4, 0.5) is 0 Å². The van der Waals surface area contributed by atoms with Gasteiger partial charge in [0.05, 0.1) is 0 Å². The van der Waals surface area contributed by atoms with E-state index in [1.165, 1.54) is 20.3 Å². The molecule has 0 heterocycles. The van der Waals surface area contributed by atoms with Crippen LogP contribution in [0.25, 0.3) is 0 Å². The average molecular weight is 293 g/mol. The van der Waals surface area contributed by atoms with E-state index in [0.29, 0.717) is 6.54 Å². The molecule has 3 heteroatoms. The Morgan fingerprint density at radius 3 is 2.50 bits per heavy atom. The zero-order valence-corrected chi connectivity index (χ0v) is 10.0. The summed E-state index contributed by atoms with van der Waals surface area (Å²) in [4.78, 5) is 0. The Morgan fingerprint density at radius 2 is 2.00 bits per heavy atom. The SMILES string of the molecule is Cc1c(CN)cc(I)cc1CS. The first-order chi connectivity index (χ1) is 5.69. The molecule has 0 radical (unpaired) electrons. The van der Waals surface area contributed by atoms with Crippen LogP contribution in [0.1, 0.15) is 16.7 Å². The maximum Gasteiger partial charge on any atom is 0.0181 e. The molecule has 1 aromatic rings. The predicted octanol–water partition coefficient (Wildman–Crippen LogP) is 2.49. The standard InChI is InChI=1S/C9H12INS/c1-6-7(4-11)2-9(10)3-8(6)5-12/h2-3,12H,4-5,11H2,1H3. The smallest absolute Gasteiger partial charge is 0.0181 e. The van der Waals surface area contributed by atoms with E-state index in [0.717, 1.165) is 5.75 Å². The van der Waals surface area contributed by atoms with Crippen molar-refractivity contribution in [2.45, 2.75) is 19.2 Å². The van der Waals surface area contributed by atoms with Gasteiger partial charge in [0.2, 0.25) is 0 Å². The van der Waals surface area contributed by atoms with E-state index in [1.54, 1.807) is 0 Å². The molecule has 12 heavy (non-hydrogen) atoms. The van der Waals surface area contributed by atoms with E-state index in [1.807, 2.05) is 0 Å². The van der Waals surface area contributed by atoms with Gasteiger partial charge in [-0.05, 0) is 58.3 Å². The Morgan fingerprint density at radius 1 is 1.42 bits per heavy atom. The molecule has 0 aromatic heterocycles. The summed E-state index contributed by atoms with van der Waals surface area (Å²) in [7, 11) is 0. The first-order valence-electron chi connectivity index (χ1n) is 3.78. The van der Waals surface area contributed by atoms with Gasteiger partial charge in [-0.2, -0.15) is 12.6 Å². The lowest BCUT2D eigenvalue weighted by molar-refractivity contribution is 1.03. The van der Waals surface area contributed by atoms with Crippen LogP contribution in [0.15, 0.2) is 12.1 Å². The minimum Gasteiger partial charge on any atom is -0.326 e. The lowest BCUT2D eigenvalue weighted by Gasteiger charge is -2.08. The Bertz CT molecular complexity index is 261. The maximum absolute atomic E-state index is 5.61. The van der Waals surface area contributed by atoms with Gasteiger partial charge in [0.15, 0.2) is 0 Å². The molecule has 2 N–H and O–H groups in total. The molecule has 0 aliphatic heterocycles. The maximum atomic E-state index is 5.61. The second kappa shape index (κ2) is 4.48. The van der Waals surface area contributed by atoms with Gasteiger partial charge in [0.25, 0.3) is 0 Å². The largest absolute Gasteiger partial charge is 0.326 e. The van der Waals surface area contributed by atoms with E-state index in [9.17, 15) is 0 Å². The van der Waals surface area contributed by atoms with Crippen LogP contribution in [0.2, 0.25) is 0 Å². The third kappa shape index (κ3) is 2.14. The molecule has 0 unspecified atom stereocenters. The molecule has 0 spiro atoms. The van der Waals surface area contributed by atoms with Crippen LogP contribution in [0.3, 0.4) is 0 Å². The summed E-state index contributed by atoms with van der Waals surface area (Å²) in [5, 5.41) is 0. The van der Waals surface area contributed by atoms with E-state index in [-0.39, 0.29) is 0 Å². The van der Waals surface area contributed by atoms with Crippen molar-refractivity contribution in [1.29, 1.82) is 0 Å². The minimum atomic E-state index is 0.615. The van der Waals surface area contributed by atoms with Crippen molar-refractivity contribution in [3.63, 3.8) is 0 Å². The molecule has 0 bridgehead atoms. The molecule has 0 saturated heterocycles. The second-order valence-corrected chi connectivity index (χ2v) is 4.27. The number of halogens is 1. The Kier molecular flexibility index (Phi) is 3.86. The van der Waals surface area contributed by atoms with Crippen LogP contribution < -0.4 is 5.73 Å². The van der Waals surface area contributed by atoms with Crippen LogP contribution in [-0.2, 0) is 12.3 Å². The molecule has 1 nitrogen and oxygen atoms in total. The summed E-state index contributed by atoms with van der Waals surface area (Å²) in [5.74, 6) is 0.787. The van der Waals surface area contributed by atoms with E-state index in [2.05, 4.69) is 54.3 Å². The van der Waals surface area contributed by atoms with E-state index < -0.39 is 0 Å². The fourth-order valence-corrected chi connectivity index (χ4v) is 2.25. The molecule has 0 amide bonds. The van der Waals surface area contributed by atoms with Crippen molar-refractivity contribution in [3.8, 4) is 0 Å². The number of nitrogens with two attached hydrogens (primary N) is 1. The fourth-order valence-electron chi connectivity index (χ4n) is 1.17. The van der Waals surface area contributed by atoms with Crippen molar-refractivity contribution in [2.24, 2.45) is 5.73 Å². The van der Waals surface area contributed by atoms with Gasteiger partial charge < -0.3 is 5.73 Å². The molecule has 0 aliphatic rings. The minimum absolute atomic E-state index is 0.615. The summed E-state index contributed by atoms with van der Waals surface area (Å²) in [5.41, 5.74) is 9.41. The summed E-state index contributed by atoms with van der Waals surface area (Å²) >= 11 is 6.57. The second-order valence-electron chi connectivity index (χ2n) is 2.71. The van der Waals surface area contributed by atoms with Crippen molar-refractivity contribution < 1.29 is 0 Å². The van der Waals surface area contributed by atoms with Crippen molar-refractivity contribution >= 4 is 35.2 Å². The third-order valence-corrected chi connectivity index (χ3v) is 2.94. The number of benzene rings is 1. The number of thiol groups is 1. The highest BCUT2D eigenvalue weighted by Gasteiger charge is 2.03. The summed E-state index contributed by atoms with van der Waals surface area (Å²) in [6, 6.07) is 4.28. The van der Waals surface area contributed by atoms with Crippen LogP contribution in [-0.4, -0.2) is 0 Å². The van der Waals surface area contributed by atoms with E-state index in [4.69, 9.17) is 5.73 Å². The van der Waals surface area contributed by atoms with Gasteiger partial charge in [-0.1, -0.05) is 0 Å². The van der Waals surface area contributed by atoms with Crippen molar-refractivity contribution in [2.75, 3.05) is 0 Å². The molecular formula is C9H12INS. The van der Waals surface area contributed by atoms with E-state index >= 15 is 0 Å². The zero-order valence-electron chi connectivity index (χ0n) is 6.97. The molecule has 0 saturated carbocycles. The lowest BCUT2D eigenvalue weighted by Crippen LogP contribution is -2.02. The number of hydrogen-bond donors (Lipinski definition) is 2. The summed E-state index contributed by atoms with van der Waals surface area (Å²) in [6.45, 7) is 2.72. The highest BCUT2D eigenvalue weighted by molar-refractivity contribution is 14.1. The van der Waals surface area contributed by atoms with Gasteiger partial charge in [-0.25, -0.2) is 0 Å². The molecule has 0 atom stereocenters. The quantitative estimate of drug-likeness (QED) is 0.636. The first kappa shape index (κ1) is 10.3. The van der Waals surface area contributed by atoms with Gasteiger partial charge in [-0.3, -0.25) is 0 Å². The topological polar surface area (TPSA) is 26.0 Å². The molecule has 66 valence electrons. The van der Waals surface area contributed by atoms with Crippen LogP contribution in [0.5, 0.6) is 0 Å². The summed E-state index contributed by atoms with van der Waals surface area (Å²) in [6.07, 6.45) is 0. The molecule has 0 aliphatic carbocycles. The van der Waals surface area contributed by atoms with Gasteiger partial charge >= 0.3 is 0 Å². The molecule has 1 aromatic carbocycles. The monoisotopic (exact) mass is 293 g/mol. The van der Waals surface area contributed by atoms with Gasteiger partial charge in [-0.15, -0.1) is 0 Å². The van der Waals surface area contributed by atoms with Crippen LogP contribution >= 0.6 is 35.2 Å². The third-order valence-electron chi connectivity index (χ3n) is 1.98. The molecular weight excluding hydrogens is 281 g/mol. The fraction of sp³-hybridized carbons (Fsp3) is 0.333. The average Bonchev–Trinajstić information content (AvgIpc) is 2.08. The molecule has 0 fully saturated rings. The lowest BCUT2D eigenvalue weighted by atomic mass is 10.0. The van der Waals surface area contributed by atoms with Gasteiger partial charge in [0, 0.05) is 15.9 Å². The zero-order chi connectivity index (χ0) is 9.14. The normalized spacial score (nSPS) is 10.3. The van der Waals surface area contributed by atoms with Crippen molar-refractivity contribution in [3.05, 3.63) is 32.4 Å². The highest BCUT2D eigenvalue weighted by atomic mass is 127. The Labute approximate surface area is 92.3 Å². The van der Waals surface area contributed by atoms with Crippen LogP contribution in [0, 0.1) is 10.5 Å². The van der Waals surface area contributed by atoms with Crippen molar-refractivity contribution in [1.82, 2.24) is 0 Å². The Balaban J connectivity index is 3.22. The number of rotatable bonds is 2. The molecule has 1 rings (SSSR count). The first-order valence-corrected chi connectivity index (χ1v) is 5.49. The predicted molar refractivity (Wildman–Crippen MR) is 64.5 cm³/mol. The number of hydrogen-bond acceptors (Lipinski definition) is 2. The summed E-state index contributed by atoms with van der Waals surface area (Å²) < 4.78 is 1.24. The Hall–Kier alpha value is 0.260. The van der Waals surface area contributed by atoms with Gasteiger partial charge in [0.1, 0.15) is 0 Å². The highest BCUT2D eigenvalue weighted by Crippen LogP contribution is 2.19.